The second kappa shape index (κ2) is 7.81. The number of hydrogen-bond donors (Lipinski definition) is 2. The van der Waals surface area contributed by atoms with Crippen molar-refractivity contribution < 1.29 is 22.8 Å². The van der Waals surface area contributed by atoms with Gasteiger partial charge >= 0.3 is 6.18 Å². The highest BCUT2D eigenvalue weighted by Gasteiger charge is 2.32. The lowest BCUT2D eigenvalue weighted by atomic mass is 10.1. The number of halogens is 4. The molecule has 0 saturated carbocycles. The van der Waals surface area contributed by atoms with Crippen LogP contribution in [0.5, 0.6) is 0 Å². The van der Waals surface area contributed by atoms with Crippen LogP contribution in [-0.4, -0.2) is 27.9 Å². The fraction of sp³-hybridized carbons (Fsp3) is 0.111. The molecule has 144 valence electrons. The van der Waals surface area contributed by atoms with Gasteiger partial charge in [-0.3, -0.25) is 9.59 Å². The number of nitrogens with zero attached hydrogens (tertiary/aromatic N) is 2. The maximum Gasteiger partial charge on any atom is 0.416 e. The number of rotatable bonds is 4. The van der Waals surface area contributed by atoms with Crippen molar-refractivity contribution in [2.24, 2.45) is 0 Å². The van der Waals surface area contributed by atoms with Crippen molar-refractivity contribution in [1.82, 2.24) is 10.2 Å². The average Bonchev–Trinajstić information content (AvgIpc) is 2.66. The summed E-state index contributed by atoms with van der Waals surface area (Å²) in [5, 5.41) is 13.1. The average molecular weight is 409 g/mol. The molecule has 1 heterocycles. The van der Waals surface area contributed by atoms with E-state index in [1.165, 1.54) is 0 Å². The molecule has 2 N–H and O–H groups in total. The Morgan fingerprint density at radius 1 is 1.00 bits per heavy atom. The largest absolute Gasteiger partial charge is 0.416 e. The predicted molar refractivity (Wildman–Crippen MR) is 98.3 cm³/mol. The SMILES string of the molecule is O=C(CCl)Nc1cc(C(=O)Nc2cc3ccccc3nn2)cc(C(F)(F)F)c1. The number of amides is 2. The number of anilines is 2. The Labute approximate surface area is 161 Å². The third-order valence-electron chi connectivity index (χ3n) is 3.66. The molecule has 0 aliphatic heterocycles. The van der Waals surface area contributed by atoms with Gasteiger partial charge in [-0.1, -0.05) is 18.2 Å². The molecule has 3 aromatic rings. The Hall–Kier alpha value is -3.20. The Kier molecular flexibility index (Phi) is 5.46. The quantitative estimate of drug-likeness (QED) is 0.637. The van der Waals surface area contributed by atoms with Gasteiger partial charge in [0, 0.05) is 16.6 Å². The van der Waals surface area contributed by atoms with Crippen LogP contribution in [0.2, 0.25) is 0 Å². The number of hydrogen-bond acceptors (Lipinski definition) is 4. The Morgan fingerprint density at radius 2 is 1.75 bits per heavy atom. The van der Waals surface area contributed by atoms with E-state index >= 15 is 0 Å². The summed E-state index contributed by atoms with van der Waals surface area (Å²) < 4.78 is 39.4. The molecule has 6 nitrogen and oxygen atoms in total. The van der Waals surface area contributed by atoms with Gasteiger partial charge in [0.05, 0.1) is 11.1 Å². The van der Waals surface area contributed by atoms with Gasteiger partial charge < -0.3 is 10.6 Å². The third-order valence-corrected chi connectivity index (χ3v) is 3.91. The second-order valence-electron chi connectivity index (χ2n) is 5.72. The highest BCUT2D eigenvalue weighted by molar-refractivity contribution is 6.29. The van der Waals surface area contributed by atoms with Gasteiger partial charge in [-0.25, -0.2) is 0 Å². The van der Waals surface area contributed by atoms with Crippen LogP contribution in [0.1, 0.15) is 15.9 Å². The van der Waals surface area contributed by atoms with Crippen molar-refractivity contribution in [2.75, 3.05) is 16.5 Å². The number of carbonyl (C=O) groups is 2. The van der Waals surface area contributed by atoms with Crippen LogP contribution in [0, 0.1) is 0 Å². The molecule has 0 bridgehead atoms. The van der Waals surface area contributed by atoms with Crippen LogP contribution < -0.4 is 10.6 Å². The topological polar surface area (TPSA) is 84.0 Å². The number of aromatic nitrogens is 2. The molecule has 10 heteroatoms. The fourth-order valence-corrected chi connectivity index (χ4v) is 2.49. The first-order chi connectivity index (χ1) is 13.3. The number of alkyl halides is 4. The fourth-order valence-electron chi connectivity index (χ4n) is 2.42. The maximum atomic E-state index is 13.1. The molecule has 28 heavy (non-hydrogen) atoms. The van der Waals surface area contributed by atoms with E-state index in [0.29, 0.717) is 17.0 Å². The summed E-state index contributed by atoms with van der Waals surface area (Å²) in [6.45, 7) is 0. The molecule has 2 aromatic carbocycles. The van der Waals surface area contributed by atoms with Gasteiger partial charge in [-0.15, -0.1) is 21.8 Å². The Balaban J connectivity index is 1.92. The van der Waals surface area contributed by atoms with Crippen molar-refractivity contribution in [2.45, 2.75) is 6.18 Å². The molecule has 0 saturated heterocycles. The van der Waals surface area contributed by atoms with Crippen LogP contribution in [0.4, 0.5) is 24.7 Å². The molecule has 3 rings (SSSR count). The summed E-state index contributed by atoms with van der Waals surface area (Å²) >= 11 is 5.36. The zero-order valence-corrected chi connectivity index (χ0v) is 14.8. The molecule has 1 aromatic heterocycles. The van der Waals surface area contributed by atoms with Gasteiger partial charge in [-0.2, -0.15) is 13.2 Å². The van der Waals surface area contributed by atoms with Crippen LogP contribution in [0.15, 0.2) is 48.5 Å². The minimum absolute atomic E-state index is 0.0763. The summed E-state index contributed by atoms with van der Waals surface area (Å²) in [7, 11) is 0. The van der Waals surface area contributed by atoms with Crippen LogP contribution in [-0.2, 0) is 11.0 Å². The van der Waals surface area contributed by atoms with Gasteiger partial charge in [0.1, 0.15) is 5.88 Å². The summed E-state index contributed by atoms with van der Waals surface area (Å²) in [6, 6.07) is 11.1. The van der Waals surface area contributed by atoms with Crippen molar-refractivity contribution in [1.29, 1.82) is 0 Å². The monoisotopic (exact) mass is 408 g/mol. The highest BCUT2D eigenvalue weighted by atomic mass is 35.5. The van der Waals surface area contributed by atoms with Crippen molar-refractivity contribution in [3.63, 3.8) is 0 Å². The van der Waals surface area contributed by atoms with Crippen LogP contribution in [0.3, 0.4) is 0 Å². The molecule has 0 unspecified atom stereocenters. The van der Waals surface area contributed by atoms with Crippen molar-refractivity contribution in [3.05, 3.63) is 59.7 Å². The first-order valence-corrected chi connectivity index (χ1v) is 8.41. The second-order valence-corrected chi connectivity index (χ2v) is 5.99. The first-order valence-electron chi connectivity index (χ1n) is 7.88. The van der Waals surface area contributed by atoms with E-state index in [2.05, 4.69) is 20.8 Å². The third kappa shape index (κ3) is 4.55. The lowest BCUT2D eigenvalue weighted by molar-refractivity contribution is -0.137. The van der Waals surface area contributed by atoms with Crippen LogP contribution in [0.25, 0.3) is 10.9 Å². The van der Waals surface area contributed by atoms with Crippen molar-refractivity contribution >= 4 is 45.8 Å². The van der Waals surface area contributed by atoms with E-state index in [1.54, 1.807) is 30.3 Å². The molecule has 0 fully saturated rings. The molecule has 0 aliphatic carbocycles. The van der Waals surface area contributed by atoms with E-state index in [1.807, 2.05) is 0 Å². The van der Waals surface area contributed by atoms with E-state index in [0.717, 1.165) is 12.1 Å². The minimum Gasteiger partial charge on any atom is -0.325 e. The lowest BCUT2D eigenvalue weighted by Gasteiger charge is -2.13. The summed E-state index contributed by atoms with van der Waals surface area (Å²) in [6.07, 6.45) is -4.71. The number of nitrogens with one attached hydrogen (secondary N) is 2. The number of fused-ring (bicyclic) bond motifs is 1. The maximum absolute atomic E-state index is 13.1. The summed E-state index contributed by atoms with van der Waals surface area (Å²) in [4.78, 5) is 23.8. The number of benzene rings is 2. The van der Waals surface area contributed by atoms with E-state index in [9.17, 15) is 22.8 Å². The zero-order chi connectivity index (χ0) is 20.3. The summed E-state index contributed by atoms with van der Waals surface area (Å²) in [5.74, 6) is -1.90. The van der Waals surface area contributed by atoms with Crippen LogP contribution >= 0.6 is 11.6 Å². The molecular formula is C18H12ClF3N4O2. The van der Waals surface area contributed by atoms with E-state index in [-0.39, 0.29) is 17.1 Å². The van der Waals surface area contributed by atoms with Gasteiger partial charge in [0.15, 0.2) is 5.82 Å². The zero-order valence-electron chi connectivity index (χ0n) is 14.0. The highest BCUT2D eigenvalue weighted by Crippen LogP contribution is 2.32. The molecule has 2 amide bonds. The van der Waals surface area contributed by atoms with Gasteiger partial charge in [0.2, 0.25) is 5.91 Å². The number of carbonyl (C=O) groups excluding carboxylic acids is 2. The van der Waals surface area contributed by atoms with Gasteiger partial charge in [-0.05, 0) is 30.3 Å². The molecular weight excluding hydrogens is 397 g/mol. The normalized spacial score (nSPS) is 11.3. The smallest absolute Gasteiger partial charge is 0.325 e. The first kappa shape index (κ1) is 19.6. The molecule has 0 atom stereocenters. The lowest BCUT2D eigenvalue weighted by Crippen LogP contribution is -2.18. The minimum atomic E-state index is -4.71. The molecule has 0 aliphatic rings. The molecule has 0 radical (unpaired) electrons. The van der Waals surface area contributed by atoms with Crippen molar-refractivity contribution in [3.8, 4) is 0 Å². The molecule has 0 spiro atoms. The summed E-state index contributed by atoms with van der Waals surface area (Å²) in [5.41, 5.74) is -0.995. The predicted octanol–water partition coefficient (Wildman–Crippen LogP) is 4.08. The van der Waals surface area contributed by atoms with E-state index < -0.39 is 29.4 Å². The standard InChI is InChI=1S/C18H12ClF3N4O2/c19-9-16(27)23-13-6-11(5-12(8-13)18(20,21)22)17(28)24-15-7-10-3-1-2-4-14(10)25-26-15/h1-8H,9H2,(H,23,27)(H,24,26,28). The van der Waals surface area contributed by atoms with Gasteiger partial charge in [0.25, 0.3) is 5.91 Å². The Bertz CT molecular complexity index is 1060. The van der Waals surface area contributed by atoms with E-state index in [4.69, 9.17) is 11.6 Å². The Morgan fingerprint density at radius 3 is 2.46 bits per heavy atom.